The topological polar surface area (TPSA) is 30.3 Å². The van der Waals surface area contributed by atoms with Crippen molar-refractivity contribution in [3.63, 3.8) is 0 Å². The zero-order chi connectivity index (χ0) is 13.3. The summed E-state index contributed by atoms with van der Waals surface area (Å²) in [5.74, 6) is -1.33. The molecule has 0 bridgehead atoms. The maximum Gasteiger partial charge on any atom is 0.150 e. The number of nitrogens with zero attached hydrogens (tertiary/aromatic N) is 3. The molecular formula is C13H15F2N3. The van der Waals surface area contributed by atoms with E-state index in [0.29, 0.717) is 6.54 Å². The Labute approximate surface area is 105 Å². The average molecular weight is 251 g/mol. The van der Waals surface area contributed by atoms with Gasteiger partial charge in [-0.05, 0) is 26.1 Å². The van der Waals surface area contributed by atoms with Crippen molar-refractivity contribution >= 4 is 5.69 Å². The van der Waals surface area contributed by atoms with Crippen LogP contribution in [0.2, 0.25) is 0 Å². The molecule has 0 radical (unpaired) electrons. The number of likely N-dealkylation sites (N-methyl/N-ethyl adjacent to an activating group) is 1. The van der Waals surface area contributed by atoms with Crippen molar-refractivity contribution in [3.8, 4) is 6.07 Å². The van der Waals surface area contributed by atoms with Gasteiger partial charge in [0.15, 0.2) is 11.6 Å². The average Bonchev–Trinajstić information content (AvgIpc) is 2.30. The van der Waals surface area contributed by atoms with Crippen molar-refractivity contribution in [2.75, 3.05) is 31.6 Å². The Bertz CT molecular complexity index is 472. The zero-order valence-electron chi connectivity index (χ0n) is 10.5. The molecule has 0 amide bonds. The number of piperazine rings is 1. The first-order valence-electron chi connectivity index (χ1n) is 5.87. The number of nitriles is 1. The third-order valence-electron chi connectivity index (χ3n) is 3.26. The second-order valence-electron chi connectivity index (χ2n) is 4.70. The third-order valence-corrected chi connectivity index (χ3v) is 3.26. The van der Waals surface area contributed by atoms with Crippen LogP contribution in [0.15, 0.2) is 12.1 Å². The molecule has 2 rings (SSSR count). The van der Waals surface area contributed by atoms with Gasteiger partial charge < -0.3 is 9.80 Å². The van der Waals surface area contributed by atoms with Gasteiger partial charge in [-0.1, -0.05) is 0 Å². The smallest absolute Gasteiger partial charge is 0.150 e. The van der Waals surface area contributed by atoms with E-state index in [4.69, 9.17) is 5.26 Å². The summed E-state index contributed by atoms with van der Waals surface area (Å²) in [6, 6.07) is 3.97. The van der Waals surface area contributed by atoms with E-state index in [-0.39, 0.29) is 17.3 Å². The minimum Gasteiger partial charge on any atom is -0.362 e. The van der Waals surface area contributed by atoms with Gasteiger partial charge >= 0.3 is 0 Å². The van der Waals surface area contributed by atoms with Crippen molar-refractivity contribution < 1.29 is 8.78 Å². The number of halogens is 2. The van der Waals surface area contributed by atoms with E-state index in [1.165, 1.54) is 0 Å². The van der Waals surface area contributed by atoms with Crippen LogP contribution in [0, 0.1) is 23.0 Å². The third kappa shape index (κ3) is 2.29. The van der Waals surface area contributed by atoms with Crippen LogP contribution in [-0.4, -0.2) is 37.6 Å². The lowest BCUT2D eigenvalue weighted by Gasteiger charge is -2.40. The van der Waals surface area contributed by atoms with Gasteiger partial charge in [0.25, 0.3) is 0 Å². The number of benzene rings is 1. The summed E-state index contributed by atoms with van der Waals surface area (Å²) in [5.41, 5.74) is -0.00914. The molecular weight excluding hydrogens is 236 g/mol. The number of hydrogen-bond acceptors (Lipinski definition) is 3. The molecule has 1 atom stereocenters. The van der Waals surface area contributed by atoms with Gasteiger partial charge in [0.1, 0.15) is 5.69 Å². The largest absolute Gasteiger partial charge is 0.362 e. The summed E-state index contributed by atoms with van der Waals surface area (Å²) in [7, 11) is 1.99. The highest BCUT2D eigenvalue weighted by molar-refractivity contribution is 5.53. The van der Waals surface area contributed by atoms with Gasteiger partial charge in [0, 0.05) is 25.7 Å². The van der Waals surface area contributed by atoms with Crippen molar-refractivity contribution in [1.82, 2.24) is 4.90 Å². The molecule has 1 saturated heterocycles. The normalized spacial score (nSPS) is 20.8. The van der Waals surface area contributed by atoms with Crippen molar-refractivity contribution in [2.24, 2.45) is 0 Å². The van der Waals surface area contributed by atoms with Crippen LogP contribution in [0.4, 0.5) is 14.5 Å². The molecule has 1 unspecified atom stereocenters. The molecule has 1 fully saturated rings. The minimum atomic E-state index is -0.664. The summed E-state index contributed by atoms with van der Waals surface area (Å²) in [5, 5.41) is 8.67. The fourth-order valence-electron chi connectivity index (χ4n) is 2.38. The van der Waals surface area contributed by atoms with Crippen LogP contribution in [0.3, 0.4) is 0 Å². The molecule has 1 aromatic rings. The number of anilines is 1. The van der Waals surface area contributed by atoms with Crippen LogP contribution in [-0.2, 0) is 0 Å². The van der Waals surface area contributed by atoms with Gasteiger partial charge in [-0.25, -0.2) is 8.78 Å². The lowest BCUT2D eigenvalue weighted by atomic mass is 10.1. The molecule has 0 aromatic heterocycles. The highest BCUT2D eigenvalue weighted by Crippen LogP contribution is 2.28. The summed E-state index contributed by atoms with van der Waals surface area (Å²) < 4.78 is 27.8. The van der Waals surface area contributed by atoms with Gasteiger partial charge in [0.2, 0.25) is 0 Å². The Morgan fingerprint density at radius 1 is 1.28 bits per heavy atom. The van der Waals surface area contributed by atoms with Crippen LogP contribution < -0.4 is 4.90 Å². The summed E-state index contributed by atoms with van der Waals surface area (Å²) in [6.07, 6.45) is 0. The quantitative estimate of drug-likeness (QED) is 0.764. The SMILES string of the molecule is CC1CN(C)CCN1c1c(F)cc(C#N)cc1F. The van der Waals surface area contributed by atoms with Gasteiger partial charge in [-0.15, -0.1) is 0 Å². The number of hydrogen-bond donors (Lipinski definition) is 0. The first-order valence-corrected chi connectivity index (χ1v) is 5.87. The molecule has 0 spiro atoms. The van der Waals surface area contributed by atoms with Crippen molar-refractivity contribution in [2.45, 2.75) is 13.0 Å². The van der Waals surface area contributed by atoms with Gasteiger partial charge in [-0.2, -0.15) is 5.26 Å². The molecule has 18 heavy (non-hydrogen) atoms. The van der Waals surface area contributed by atoms with Gasteiger partial charge in [-0.3, -0.25) is 0 Å². The first kappa shape index (κ1) is 12.8. The Balaban J connectivity index is 2.37. The standard InChI is InChI=1S/C13H15F2N3/c1-9-8-17(2)3-4-18(9)13-11(14)5-10(7-16)6-12(13)15/h5-6,9H,3-4,8H2,1-2H3. The van der Waals surface area contributed by atoms with Crippen LogP contribution >= 0.6 is 0 Å². The van der Waals surface area contributed by atoms with E-state index in [1.54, 1.807) is 11.0 Å². The fourth-order valence-corrected chi connectivity index (χ4v) is 2.38. The minimum absolute atomic E-state index is 0.00975. The number of rotatable bonds is 1. The first-order chi connectivity index (χ1) is 8.52. The monoisotopic (exact) mass is 251 g/mol. The Morgan fingerprint density at radius 2 is 1.89 bits per heavy atom. The maximum atomic E-state index is 13.9. The summed E-state index contributed by atoms with van der Waals surface area (Å²) in [4.78, 5) is 3.85. The summed E-state index contributed by atoms with van der Waals surface area (Å²) in [6.45, 7) is 4.05. The van der Waals surface area contributed by atoms with E-state index >= 15 is 0 Å². The summed E-state index contributed by atoms with van der Waals surface area (Å²) >= 11 is 0. The highest BCUT2D eigenvalue weighted by Gasteiger charge is 2.26. The van der Waals surface area contributed by atoms with Crippen molar-refractivity contribution in [1.29, 1.82) is 5.26 Å². The molecule has 1 heterocycles. The Hall–Kier alpha value is -1.67. The maximum absolute atomic E-state index is 13.9. The predicted molar refractivity (Wildman–Crippen MR) is 65.4 cm³/mol. The Kier molecular flexibility index (Phi) is 3.48. The predicted octanol–water partition coefficient (Wildman–Crippen LogP) is 1.98. The molecule has 0 N–H and O–H groups in total. The van der Waals surface area contributed by atoms with Crippen LogP contribution in [0.5, 0.6) is 0 Å². The second-order valence-corrected chi connectivity index (χ2v) is 4.70. The molecule has 3 nitrogen and oxygen atoms in total. The van der Waals surface area contributed by atoms with E-state index in [2.05, 4.69) is 4.90 Å². The van der Waals surface area contributed by atoms with Gasteiger partial charge in [0.05, 0.1) is 11.6 Å². The lowest BCUT2D eigenvalue weighted by Crippen LogP contribution is -2.51. The second kappa shape index (κ2) is 4.91. The lowest BCUT2D eigenvalue weighted by molar-refractivity contribution is 0.273. The van der Waals surface area contributed by atoms with Crippen molar-refractivity contribution in [3.05, 3.63) is 29.3 Å². The van der Waals surface area contributed by atoms with E-state index in [9.17, 15) is 8.78 Å². The van der Waals surface area contributed by atoms with Crippen LogP contribution in [0.25, 0.3) is 0 Å². The molecule has 5 heteroatoms. The highest BCUT2D eigenvalue weighted by atomic mass is 19.1. The molecule has 96 valence electrons. The van der Waals surface area contributed by atoms with E-state index < -0.39 is 11.6 Å². The molecule has 0 aliphatic carbocycles. The molecule has 1 aliphatic rings. The molecule has 1 aromatic carbocycles. The van der Waals surface area contributed by atoms with E-state index in [1.807, 2.05) is 14.0 Å². The van der Waals surface area contributed by atoms with Crippen LogP contribution in [0.1, 0.15) is 12.5 Å². The molecule has 1 aliphatic heterocycles. The molecule has 0 saturated carbocycles. The Morgan fingerprint density at radius 3 is 2.39 bits per heavy atom. The fraction of sp³-hybridized carbons (Fsp3) is 0.462. The van der Waals surface area contributed by atoms with E-state index in [0.717, 1.165) is 25.2 Å². The zero-order valence-corrected chi connectivity index (χ0v) is 10.5.